The number of nitrogens with two attached hydrogens (primary N) is 1. The molecule has 0 aliphatic rings. The summed E-state index contributed by atoms with van der Waals surface area (Å²) in [6.45, 7) is 0.476. The molecule has 3 nitrogen and oxygen atoms in total. The van der Waals surface area contributed by atoms with Crippen LogP contribution in [0.1, 0.15) is 5.69 Å². The molecule has 0 fully saturated rings. The molecule has 0 unspecified atom stereocenters. The van der Waals surface area contributed by atoms with E-state index in [0.29, 0.717) is 6.54 Å². The Balaban J connectivity index is 2.80. The second kappa shape index (κ2) is 3.17. The maximum absolute atomic E-state index is 5.34. The van der Waals surface area contributed by atoms with Crippen molar-refractivity contribution in [2.24, 2.45) is 5.73 Å². The number of rotatable bonds is 2. The minimum Gasteiger partial charge on any atom is -0.495 e. The SMILES string of the molecule is COc1ccc(CN)nc1. The third-order valence-electron chi connectivity index (χ3n) is 1.24. The van der Waals surface area contributed by atoms with Gasteiger partial charge < -0.3 is 10.5 Å². The van der Waals surface area contributed by atoms with Crippen LogP contribution in [0, 0.1) is 0 Å². The molecule has 0 saturated heterocycles. The zero-order chi connectivity index (χ0) is 7.40. The number of pyridine rings is 1. The highest BCUT2D eigenvalue weighted by molar-refractivity contribution is 5.19. The first-order valence-corrected chi connectivity index (χ1v) is 3.06. The van der Waals surface area contributed by atoms with Crippen LogP contribution in [0.15, 0.2) is 18.3 Å². The first-order chi connectivity index (χ1) is 4.86. The molecule has 0 spiro atoms. The van der Waals surface area contributed by atoms with Crippen molar-refractivity contribution in [3.63, 3.8) is 0 Å². The zero-order valence-electron chi connectivity index (χ0n) is 5.87. The Kier molecular flexibility index (Phi) is 2.23. The molecule has 0 bridgehead atoms. The second-order valence-corrected chi connectivity index (χ2v) is 1.89. The summed E-state index contributed by atoms with van der Waals surface area (Å²) < 4.78 is 4.91. The molecule has 0 aliphatic heterocycles. The lowest BCUT2D eigenvalue weighted by Crippen LogP contribution is -1.98. The van der Waals surface area contributed by atoms with Crippen LogP contribution in [0.5, 0.6) is 5.75 Å². The van der Waals surface area contributed by atoms with Crippen LogP contribution < -0.4 is 10.5 Å². The molecule has 0 radical (unpaired) electrons. The molecule has 10 heavy (non-hydrogen) atoms. The molecule has 1 rings (SSSR count). The number of hydrogen-bond acceptors (Lipinski definition) is 3. The van der Waals surface area contributed by atoms with E-state index in [1.54, 1.807) is 13.3 Å². The molecule has 0 atom stereocenters. The van der Waals surface area contributed by atoms with Crippen molar-refractivity contribution >= 4 is 0 Å². The maximum Gasteiger partial charge on any atom is 0.137 e. The van der Waals surface area contributed by atoms with Crippen molar-refractivity contribution in [3.8, 4) is 5.75 Å². The van der Waals surface area contributed by atoms with Crippen LogP contribution >= 0.6 is 0 Å². The normalized spacial score (nSPS) is 9.40. The van der Waals surface area contributed by atoms with Crippen molar-refractivity contribution in [2.75, 3.05) is 7.11 Å². The number of ether oxygens (including phenoxy) is 1. The topological polar surface area (TPSA) is 48.1 Å². The van der Waals surface area contributed by atoms with E-state index >= 15 is 0 Å². The van der Waals surface area contributed by atoms with Gasteiger partial charge in [-0.3, -0.25) is 4.98 Å². The average molecular weight is 138 g/mol. The zero-order valence-corrected chi connectivity index (χ0v) is 5.87. The summed E-state index contributed by atoms with van der Waals surface area (Å²) in [6, 6.07) is 3.69. The smallest absolute Gasteiger partial charge is 0.137 e. The molecule has 2 N–H and O–H groups in total. The summed E-state index contributed by atoms with van der Waals surface area (Å²) in [7, 11) is 1.61. The highest BCUT2D eigenvalue weighted by Gasteiger charge is 1.90. The second-order valence-electron chi connectivity index (χ2n) is 1.89. The van der Waals surface area contributed by atoms with Gasteiger partial charge in [0.1, 0.15) is 5.75 Å². The summed E-state index contributed by atoms with van der Waals surface area (Å²) >= 11 is 0. The van der Waals surface area contributed by atoms with E-state index in [4.69, 9.17) is 10.5 Å². The first kappa shape index (κ1) is 7.02. The van der Waals surface area contributed by atoms with Gasteiger partial charge in [-0.2, -0.15) is 0 Å². The molecular formula is C7H10N2O. The third kappa shape index (κ3) is 1.45. The van der Waals surface area contributed by atoms with E-state index in [1.165, 1.54) is 0 Å². The average Bonchev–Trinajstić information content (AvgIpc) is 2.05. The highest BCUT2D eigenvalue weighted by Crippen LogP contribution is 2.06. The number of nitrogens with zero attached hydrogens (tertiary/aromatic N) is 1. The fraction of sp³-hybridized carbons (Fsp3) is 0.286. The van der Waals surface area contributed by atoms with Crippen molar-refractivity contribution in [2.45, 2.75) is 6.54 Å². The van der Waals surface area contributed by atoms with Crippen LogP contribution in [0.2, 0.25) is 0 Å². The minimum atomic E-state index is 0.476. The largest absolute Gasteiger partial charge is 0.495 e. The number of aromatic nitrogens is 1. The Labute approximate surface area is 59.8 Å². The van der Waals surface area contributed by atoms with Gasteiger partial charge in [-0.15, -0.1) is 0 Å². The van der Waals surface area contributed by atoms with Gasteiger partial charge in [-0.1, -0.05) is 0 Å². The first-order valence-electron chi connectivity index (χ1n) is 3.06. The Hall–Kier alpha value is -1.09. The fourth-order valence-corrected chi connectivity index (χ4v) is 0.652. The monoisotopic (exact) mass is 138 g/mol. The van der Waals surface area contributed by atoms with E-state index in [2.05, 4.69) is 4.98 Å². The van der Waals surface area contributed by atoms with Crippen molar-refractivity contribution < 1.29 is 4.74 Å². The van der Waals surface area contributed by atoms with E-state index in [1.807, 2.05) is 12.1 Å². The van der Waals surface area contributed by atoms with Gasteiger partial charge in [0.15, 0.2) is 0 Å². The van der Waals surface area contributed by atoms with Gasteiger partial charge in [0.2, 0.25) is 0 Å². The summed E-state index contributed by atoms with van der Waals surface area (Å²) in [4.78, 5) is 4.02. The Morgan fingerprint density at radius 1 is 1.60 bits per heavy atom. The lowest BCUT2D eigenvalue weighted by atomic mass is 10.3. The van der Waals surface area contributed by atoms with Crippen LogP contribution in [0.3, 0.4) is 0 Å². The predicted molar refractivity (Wildman–Crippen MR) is 38.7 cm³/mol. The van der Waals surface area contributed by atoms with Gasteiger partial charge in [0, 0.05) is 6.54 Å². The molecule has 54 valence electrons. The quantitative estimate of drug-likeness (QED) is 0.649. The molecule has 3 heteroatoms. The Morgan fingerprint density at radius 3 is 2.80 bits per heavy atom. The van der Waals surface area contributed by atoms with Crippen LogP contribution in [-0.2, 0) is 6.54 Å². The Bertz CT molecular complexity index is 172. The van der Waals surface area contributed by atoms with Gasteiger partial charge in [-0.05, 0) is 12.1 Å². The third-order valence-corrected chi connectivity index (χ3v) is 1.24. The molecule has 1 aromatic rings. The molecule has 1 aromatic heterocycles. The summed E-state index contributed by atoms with van der Waals surface area (Å²) in [5.41, 5.74) is 6.21. The van der Waals surface area contributed by atoms with E-state index in [9.17, 15) is 0 Å². The fourth-order valence-electron chi connectivity index (χ4n) is 0.652. The van der Waals surface area contributed by atoms with Gasteiger partial charge >= 0.3 is 0 Å². The summed E-state index contributed by atoms with van der Waals surface area (Å²) in [5.74, 6) is 0.761. The van der Waals surface area contributed by atoms with E-state index < -0.39 is 0 Å². The summed E-state index contributed by atoms with van der Waals surface area (Å²) in [5, 5.41) is 0. The maximum atomic E-state index is 5.34. The molecule has 0 saturated carbocycles. The highest BCUT2D eigenvalue weighted by atomic mass is 16.5. The van der Waals surface area contributed by atoms with E-state index in [-0.39, 0.29) is 0 Å². The number of methoxy groups -OCH3 is 1. The summed E-state index contributed by atoms with van der Waals surface area (Å²) in [6.07, 6.45) is 1.65. The van der Waals surface area contributed by atoms with Crippen LogP contribution in [0.4, 0.5) is 0 Å². The number of hydrogen-bond donors (Lipinski definition) is 1. The van der Waals surface area contributed by atoms with Crippen molar-refractivity contribution in [1.82, 2.24) is 4.98 Å². The molecule has 0 aliphatic carbocycles. The Morgan fingerprint density at radius 2 is 2.40 bits per heavy atom. The van der Waals surface area contributed by atoms with Crippen LogP contribution in [0.25, 0.3) is 0 Å². The molecular weight excluding hydrogens is 128 g/mol. The van der Waals surface area contributed by atoms with Gasteiger partial charge in [0.25, 0.3) is 0 Å². The minimum absolute atomic E-state index is 0.476. The van der Waals surface area contributed by atoms with Gasteiger partial charge in [0.05, 0.1) is 19.0 Å². The lowest BCUT2D eigenvalue weighted by molar-refractivity contribution is 0.412. The molecule has 1 heterocycles. The predicted octanol–water partition coefficient (Wildman–Crippen LogP) is 0.549. The van der Waals surface area contributed by atoms with Crippen LogP contribution in [-0.4, -0.2) is 12.1 Å². The van der Waals surface area contributed by atoms with Crippen molar-refractivity contribution in [3.05, 3.63) is 24.0 Å². The molecule has 0 amide bonds. The molecule has 0 aromatic carbocycles. The van der Waals surface area contributed by atoms with Gasteiger partial charge in [-0.25, -0.2) is 0 Å². The lowest BCUT2D eigenvalue weighted by Gasteiger charge is -1.98. The van der Waals surface area contributed by atoms with Crippen molar-refractivity contribution in [1.29, 1.82) is 0 Å². The standard InChI is InChI=1S/C7H10N2O/c1-10-7-3-2-6(4-8)9-5-7/h2-3,5H,4,8H2,1H3. The van der Waals surface area contributed by atoms with E-state index in [0.717, 1.165) is 11.4 Å².